The molecule has 0 heterocycles. The number of ether oxygens (including phenoxy) is 1. The molecule has 0 aromatic heterocycles. The van der Waals surface area contributed by atoms with E-state index in [1.165, 1.54) is 0 Å². The third kappa shape index (κ3) is 4.16. The molecule has 0 fully saturated rings. The zero-order valence-corrected chi connectivity index (χ0v) is 11.1. The van der Waals surface area contributed by atoms with E-state index in [1.54, 1.807) is 0 Å². The summed E-state index contributed by atoms with van der Waals surface area (Å²) in [4.78, 5) is 0. The number of nitrogens with two attached hydrogens (primary N) is 1. The van der Waals surface area contributed by atoms with Crippen LogP contribution in [0, 0.1) is 0 Å². The van der Waals surface area contributed by atoms with Crippen molar-refractivity contribution >= 4 is 11.5 Å². The van der Waals surface area contributed by atoms with E-state index < -0.39 is 0 Å². The SMILES string of the molecule is CCC(C)Oc1cccc(NC(C)C(N)=NO)c1. The fraction of sp³-hybridized carbons (Fsp3) is 0.462. The Bertz CT molecular complexity index is 407. The molecule has 2 unspecified atom stereocenters. The number of nitrogens with one attached hydrogen (secondary N) is 1. The lowest BCUT2D eigenvalue weighted by Gasteiger charge is -2.16. The molecule has 0 amide bonds. The minimum absolute atomic E-state index is 0.142. The van der Waals surface area contributed by atoms with Crippen LogP contribution in [0.4, 0.5) is 5.69 Å². The topological polar surface area (TPSA) is 79.9 Å². The Balaban J connectivity index is 2.70. The van der Waals surface area contributed by atoms with Gasteiger partial charge in [0, 0.05) is 11.8 Å². The minimum Gasteiger partial charge on any atom is -0.491 e. The van der Waals surface area contributed by atoms with Crippen molar-refractivity contribution in [3.63, 3.8) is 0 Å². The number of hydrogen-bond donors (Lipinski definition) is 3. The summed E-state index contributed by atoms with van der Waals surface area (Å²) in [6.07, 6.45) is 1.14. The predicted molar refractivity (Wildman–Crippen MR) is 73.3 cm³/mol. The van der Waals surface area contributed by atoms with Crippen LogP contribution in [0.25, 0.3) is 0 Å². The highest BCUT2D eigenvalue weighted by Crippen LogP contribution is 2.19. The Morgan fingerprint density at radius 3 is 2.83 bits per heavy atom. The van der Waals surface area contributed by atoms with Crippen LogP contribution in [0.3, 0.4) is 0 Å². The van der Waals surface area contributed by atoms with Crippen molar-refractivity contribution in [3.05, 3.63) is 24.3 Å². The van der Waals surface area contributed by atoms with Crippen LogP contribution in [0.5, 0.6) is 5.75 Å². The molecule has 0 aliphatic rings. The van der Waals surface area contributed by atoms with Crippen LogP contribution in [0.1, 0.15) is 27.2 Å². The van der Waals surface area contributed by atoms with Crippen molar-refractivity contribution in [3.8, 4) is 5.75 Å². The third-order valence-electron chi connectivity index (χ3n) is 2.69. The summed E-state index contributed by atoms with van der Waals surface area (Å²) in [5, 5.41) is 14.7. The Kier molecular flexibility index (Phi) is 5.30. The standard InChI is InChI=1S/C13H21N3O2/c1-4-9(2)18-12-7-5-6-11(8-12)15-10(3)13(14)16-17/h5-10,15,17H,4H2,1-3H3,(H2,14,16). The monoisotopic (exact) mass is 251 g/mol. The lowest BCUT2D eigenvalue weighted by atomic mass is 10.2. The number of oxime groups is 1. The second kappa shape index (κ2) is 6.74. The number of anilines is 1. The van der Waals surface area contributed by atoms with Crippen LogP contribution in [-0.4, -0.2) is 23.2 Å². The van der Waals surface area contributed by atoms with Gasteiger partial charge in [0.1, 0.15) is 5.75 Å². The maximum absolute atomic E-state index is 8.59. The van der Waals surface area contributed by atoms with Crippen LogP contribution >= 0.6 is 0 Å². The zero-order valence-electron chi connectivity index (χ0n) is 11.1. The van der Waals surface area contributed by atoms with Gasteiger partial charge in [0.25, 0.3) is 0 Å². The first-order valence-corrected chi connectivity index (χ1v) is 6.07. The Morgan fingerprint density at radius 1 is 1.50 bits per heavy atom. The molecular weight excluding hydrogens is 230 g/mol. The molecule has 2 atom stereocenters. The van der Waals surface area contributed by atoms with Crippen molar-refractivity contribution in [1.29, 1.82) is 0 Å². The Labute approximate surface area is 108 Å². The highest BCUT2D eigenvalue weighted by atomic mass is 16.5. The van der Waals surface area contributed by atoms with Gasteiger partial charge in [0.05, 0.1) is 12.1 Å². The van der Waals surface area contributed by atoms with Gasteiger partial charge in [-0.2, -0.15) is 0 Å². The molecule has 5 nitrogen and oxygen atoms in total. The van der Waals surface area contributed by atoms with Crippen molar-refractivity contribution in [2.75, 3.05) is 5.32 Å². The zero-order chi connectivity index (χ0) is 13.5. The molecule has 100 valence electrons. The summed E-state index contributed by atoms with van der Waals surface area (Å²) >= 11 is 0. The van der Waals surface area contributed by atoms with Gasteiger partial charge in [-0.1, -0.05) is 18.1 Å². The van der Waals surface area contributed by atoms with Gasteiger partial charge in [-0.25, -0.2) is 0 Å². The maximum atomic E-state index is 8.59. The summed E-state index contributed by atoms with van der Waals surface area (Å²) in [5.74, 6) is 0.948. The molecule has 18 heavy (non-hydrogen) atoms. The van der Waals surface area contributed by atoms with Crippen LogP contribution in [0.15, 0.2) is 29.4 Å². The third-order valence-corrected chi connectivity index (χ3v) is 2.69. The lowest BCUT2D eigenvalue weighted by Crippen LogP contribution is -2.32. The van der Waals surface area contributed by atoms with Crippen LogP contribution in [-0.2, 0) is 0 Å². The maximum Gasteiger partial charge on any atom is 0.161 e. The van der Waals surface area contributed by atoms with E-state index in [2.05, 4.69) is 17.4 Å². The van der Waals surface area contributed by atoms with E-state index >= 15 is 0 Å². The summed E-state index contributed by atoms with van der Waals surface area (Å²) in [5.41, 5.74) is 6.38. The molecule has 0 aliphatic heterocycles. The lowest BCUT2D eigenvalue weighted by molar-refractivity contribution is 0.217. The van der Waals surface area contributed by atoms with Crippen LogP contribution < -0.4 is 15.8 Å². The van der Waals surface area contributed by atoms with Gasteiger partial charge >= 0.3 is 0 Å². The van der Waals surface area contributed by atoms with Gasteiger partial charge in [-0.05, 0) is 32.4 Å². The van der Waals surface area contributed by atoms with E-state index in [1.807, 2.05) is 38.1 Å². The molecule has 0 saturated heterocycles. The van der Waals surface area contributed by atoms with Gasteiger partial charge in [-0.3, -0.25) is 0 Å². The van der Waals surface area contributed by atoms with Gasteiger partial charge in [0.15, 0.2) is 5.84 Å². The van der Waals surface area contributed by atoms with E-state index in [0.717, 1.165) is 17.9 Å². The number of rotatable bonds is 6. The van der Waals surface area contributed by atoms with Crippen molar-refractivity contribution in [2.45, 2.75) is 39.3 Å². The largest absolute Gasteiger partial charge is 0.491 e. The van der Waals surface area contributed by atoms with Gasteiger partial charge in [0.2, 0.25) is 0 Å². The molecule has 5 heteroatoms. The molecule has 4 N–H and O–H groups in total. The highest BCUT2D eigenvalue weighted by molar-refractivity contribution is 5.87. The van der Waals surface area contributed by atoms with Crippen molar-refractivity contribution < 1.29 is 9.94 Å². The molecule has 0 bridgehead atoms. The Morgan fingerprint density at radius 2 is 2.22 bits per heavy atom. The smallest absolute Gasteiger partial charge is 0.161 e. The first-order valence-electron chi connectivity index (χ1n) is 6.07. The molecule has 1 rings (SSSR count). The van der Waals surface area contributed by atoms with Crippen LogP contribution in [0.2, 0.25) is 0 Å². The molecule has 0 spiro atoms. The number of amidine groups is 1. The van der Waals surface area contributed by atoms with Gasteiger partial charge < -0.3 is 21.0 Å². The first kappa shape index (κ1) is 14.2. The average molecular weight is 251 g/mol. The molecule has 0 aliphatic carbocycles. The molecule has 1 aromatic carbocycles. The fourth-order valence-corrected chi connectivity index (χ4v) is 1.39. The number of nitrogens with zero attached hydrogens (tertiary/aromatic N) is 1. The van der Waals surface area contributed by atoms with E-state index in [9.17, 15) is 0 Å². The van der Waals surface area contributed by atoms with E-state index in [0.29, 0.717) is 0 Å². The average Bonchev–Trinajstić information content (AvgIpc) is 2.37. The summed E-state index contributed by atoms with van der Waals surface area (Å²) < 4.78 is 5.72. The summed E-state index contributed by atoms with van der Waals surface area (Å²) in [7, 11) is 0. The van der Waals surface area contributed by atoms with Crippen molar-refractivity contribution in [1.82, 2.24) is 0 Å². The number of benzene rings is 1. The quantitative estimate of drug-likeness (QED) is 0.314. The van der Waals surface area contributed by atoms with E-state index in [4.69, 9.17) is 15.7 Å². The highest BCUT2D eigenvalue weighted by Gasteiger charge is 2.08. The van der Waals surface area contributed by atoms with Crippen molar-refractivity contribution in [2.24, 2.45) is 10.9 Å². The van der Waals surface area contributed by atoms with Gasteiger partial charge in [-0.15, -0.1) is 0 Å². The molecule has 1 aromatic rings. The second-order valence-electron chi connectivity index (χ2n) is 4.26. The number of hydrogen-bond acceptors (Lipinski definition) is 4. The summed E-state index contributed by atoms with van der Waals surface area (Å²) in [6.45, 7) is 5.92. The Hall–Kier alpha value is -1.91. The second-order valence-corrected chi connectivity index (χ2v) is 4.26. The predicted octanol–water partition coefficient (Wildman–Crippen LogP) is 2.41. The molecular formula is C13H21N3O2. The summed E-state index contributed by atoms with van der Waals surface area (Å²) in [6, 6.07) is 7.37. The minimum atomic E-state index is -0.242. The van der Waals surface area contributed by atoms with E-state index in [-0.39, 0.29) is 18.0 Å². The first-order chi connectivity index (χ1) is 8.56. The molecule has 0 saturated carbocycles. The fourth-order valence-electron chi connectivity index (χ4n) is 1.39. The normalized spacial score (nSPS) is 14.9. The molecule has 0 radical (unpaired) electrons.